The van der Waals surface area contributed by atoms with Crippen molar-refractivity contribution in [2.24, 2.45) is 0 Å². The normalized spacial score (nSPS) is 10.8. The zero-order valence-corrected chi connectivity index (χ0v) is 12.4. The largest absolute Gasteiger partial charge is 0.507 e. The molecule has 0 radical (unpaired) electrons. The van der Waals surface area contributed by atoms with Gasteiger partial charge in [0, 0.05) is 5.56 Å². The van der Waals surface area contributed by atoms with Crippen molar-refractivity contribution in [3.05, 3.63) is 53.8 Å². The number of phenolic OH excluding ortho intramolecular Hbond substituents is 1. The molecular formula is C18H16O4. The Labute approximate surface area is 127 Å². The third-order valence-electron chi connectivity index (χ3n) is 3.58. The molecule has 22 heavy (non-hydrogen) atoms. The van der Waals surface area contributed by atoms with Crippen LogP contribution in [0.15, 0.2) is 46.9 Å². The van der Waals surface area contributed by atoms with Gasteiger partial charge in [0.1, 0.15) is 11.3 Å². The number of esters is 1. The molecule has 0 bridgehead atoms. The minimum Gasteiger partial charge on any atom is -0.507 e. The average Bonchev–Trinajstić information content (AvgIpc) is 2.86. The average molecular weight is 296 g/mol. The van der Waals surface area contributed by atoms with Gasteiger partial charge in [0.25, 0.3) is 0 Å². The van der Waals surface area contributed by atoms with E-state index in [1.165, 1.54) is 0 Å². The number of hydrogen-bond acceptors (Lipinski definition) is 4. The maximum Gasteiger partial charge on any atom is 0.374 e. The Morgan fingerprint density at radius 2 is 1.91 bits per heavy atom. The molecule has 1 aromatic heterocycles. The summed E-state index contributed by atoms with van der Waals surface area (Å²) in [6.45, 7) is 3.75. The summed E-state index contributed by atoms with van der Waals surface area (Å²) in [5.74, 6) is -0.289. The van der Waals surface area contributed by atoms with Gasteiger partial charge in [-0.25, -0.2) is 4.79 Å². The standard InChI is InChI=1S/C18H16O4/c1-3-21-18(20)17-11(2)16-14(19)9-13(10-15(16)22-17)12-7-5-4-6-8-12/h4-10,19H,3H2,1-2H3. The number of ether oxygens (including phenoxy) is 1. The van der Waals surface area contributed by atoms with Gasteiger partial charge in [-0.05, 0) is 37.1 Å². The molecule has 112 valence electrons. The van der Waals surface area contributed by atoms with Crippen LogP contribution in [0.5, 0.6) is 5.75 Å². The molecular weight excluding hydrogens is 280 g/mol. The first-order valence-electron chi connectivity index (χ1n) is 7.10. The van der Waals surface area contributed by atoms with Gasteiger partial charge >= 0.3 is 5.97 Å². The van der Waals surface area contributed by atoms with Crippen LogP contribution in [0.2, 0.25) is 0 Å². The minimum absolute atomic E-state index is 0.0909. The van der Waals surface area contributed by atoms with Gasteiger partial charge in [0.05, 0.1) is 12.0 Å². The summed E-state index contributed by atoms with van der Waals surface area (Å²) >= 11 is 0. The quantitative estimate of drug-likeness (QED) is 0.732. The number of carbonyl (C=O) groups excluding carboxylic acids is 1. The summed E-state index contributed by atoms with van der Waals surface area (Å²) in [4.78, 5) is 11.9. The highest BCUT2D eigenvalue weighted by Crippen LogP contribution is 2.37. The predicted octanol–water partition coefficient (Wildman–Crippen LogP) is 4.29. The van der Waals surface area contributed by atoms with E-state index in [0.29, 0.717) is 16.5 Å². The van der Waals surface area contributed by atoms with Gasteiger partial charge in [-0.15, -0.1) is 0 Å². The third kappa shape index (κ3) is 2.33. The smallest absolute Gasteiger partial charge is 0.374 e. The van der Waals surface area contributed by atoms with Crippen LogP contribution in [0.25, 0.3) is 22.1 Å². The first kappa shape index (κ1) is 14.2. The molecule has 3 rings (SSSR count). The number of hydrogen-bond donors (Lipinski definition) is 1. The zero-order valence-electron chi connectivity index (χ0n) is 12.4. The Morgan fingerprint density at radius 3 is 2.59 bits per heavy atom. The van der Waals surface area contributed by atoms with Gasteiger partial charge in [-0.1, -0.05) is 30.3 Å². The van der Waals surface area contributed by atoms with Crippen LogP contribution < -0.4 is 0 Å². The van der Waals surface area contributed by atoms with Crippen molar-refractivity contribution in [3.63, 3.8) is 0 Å². The van der Waals surface area contributed by atoms with E-state index < -0.39 is 5.97 Å². The van der Waals surface area contributed by atoms with E-state index in [1.54, 1.807) is 19.9 Å². The van der Waals surface area contributed by atoms with Crippen LogP contribution in [0, 0.1) is 6.92 Å². The number of furan rings is 1. The second-order valence-corrected chi connectivity index (χ2v) is 5.01. The first-order valence-corrected chi connectivity index (χ1v) is 7.10. The molecule has 0 unspecified atom stereocenters. The summed E-state index contributed by atoms with van der Waals surface area (Å²) in [7, 11) is 0. The number of fused-ring (bicyclic) bond motifs is 1. The van der Waals surface area contributed by atoms with E-state index in [-0.39, 0.29) is 18.1 Å². The number of carbonyl (C=O) groups is 1. The molecule has 4 heteroatoms. The maximum atomic E-state index is 11.9. The topological polar surface area (TPSA) is 59.7 Å². The molecule has 0 spiro atoms. The molecule has 0 saturated carbocycles. The maximum absolute atomic E-state index is 11.9. The summed E-state index contributed by atoms with van der Waals surface area (Å²) in [6, 6.07) is 13.2. The molecule has 0 aliphatic rings. The highest BCUT2D eigenvalue weighted by atomic mass is 16.5. The van der Waals surface area contributed by atoms with E-state index >= 15 is 0 Å². The molecule has 0 amide bonds. The second-order valence-electron chi connectivity index (χ2n) is 5.01. The summed E-state index contributed by atoms with van der Waals surface area (Å²) in [5.41, 5.74) is 2.85. The molecule has 0 saturated heterocycles. The van der Waals surface area contributed by atoms with E-state index in [2.05, 4.69) is 0 Å². The molecule has 0 atom stereocenters. The Hall–Kier alpha value is -2.75. The Bertz CT molecular complexity index is 831. The highest BCUT2D eigenvalue weighted by molar-refractivity contribution is 5.99. The van der Waals surface area contributed by atoms with Crippen LogP contribution in [0.3, 0.4) is 0 Å². The number of aryl methyl sites for hydroxylation is 1. The van der Waals surface area contributed by atoms with E-state index in [1.807, 2.05) is 36.4 Å². The first-order chi connectivity index (χ1) is 10.6. The fourth-order valence-electron chi connectivity index (χ4n) is 2.55. The van der Waals surface area contributed by atoms with Crippen LogP contribution in [-0.4, -0.2) is 17.7 Å². The number of rotatable bonds is 3. The van der Waals surface area contributed by atoms with Gasteiger partial charge < -0.3 is 14.3 Å². The van der Waals surface area contributed by atoms with E-state index in [0.717, 1.165) is 11.1 Å². The Kier molecular flexibility index (Phi) is 3.59. The minimum atomic E-state index is -0.517. The van der Waals surface area contributed by atoms with Gasteiger partial charge in [0.2, 0.25) is 5.76 Å². The summed E-state index contributed by atoms with van der Waals surface area (Å²) in [5, 5.41) is 10.9. The predicted molar refractivity (Wildman–Crippen MR) is 84.0 cm³/mol. The van der Waals surface area contributed by atoms with Crippen molar-refractivity contribution in [3.8, 4) is 16.9 Å². The molecule has 3 aromatic rings. The Balaban J connectivity index is 2.17. The fourth-order valence-corrected chi connectivity index (χ4v) is 2.55. The Morgan fingerprint density at radius 1 is 1.18 bits per heavy atom. The van der Waals surface area contributed by atoms with Crippen molar-refractivity contribution in [1.29, 1.82) is 0 Å². The van der Waals surface area contributed by atoms with Crippen molar-refractivity contribution in [1.82, 2.24) is 0 Å². The fraction of sp³-hybridized carbons (Fsp3) is 0.167. The lowest BCUT2D eigenvalue weighted by Crippen LogP contribution is -2.04. The molecule has 1 N–H and O–H groups in total. The van der Waals surface area contributed by atoms with Crippen molar-refractivity contribution >= 4 is 16.9 Å². The van der Waals surface area contributed by atoms with Crippen LogP contribution in [0.4, 0.5) is 0 Å². The lowest BCUT2D eigenvalue weighted by atomic mass is 10.0. The molecule has 2 aromatic carbocycles. The number of benzene rings is 2. The SMILES string of the molecule is CCOC(=O)c1oc2cc(-c3ccccc3)cc(O)c2c1C. The lowest BCUT2D eigenvalue weighted by molar-refractivity contribution is 0.0491. The van der Waals surface area contributed by atoms with Crippen molar-refractivity contribution < 1.29 is 19.1 Å². The molecule has 0 aliphatic carbocycles. The van der Waals surface area contributed by atoms with Crippen LogP contribution >= 0.6 is 0 Å². The van der Waals surface area contributed by atoms with Crippen LogP contribution in [-0.2, 0) is 4.74 Å². The summed E-state index contributed by atoms with van der Waals surface area (Å²) in [6.07, 6.45) is 0. The van der Waals surface area contributed by atoms with Gasteiger partial charge in [-0.3, -0.25) is 0 Å². The monoisotopic (exact) mass is 296 g/mol. The van der Waals surface area contributed by atoms with E-state index in [9.17, 15) is 9.90 Å². The van der Waals surface area contributed by atoms with Gasteiger partial charge in [-0.2, -0.15) is 0 Å². The molecule has 0 aliphatic heterocycles. The second kappa shape index (κ2) is 5.56. The van der Waals surface area contributed by atoms with Crippen LogP contribution in [0.1, 0.15) is 23.0 Å². The summed E-state index contributed by atoms with van der Waals surface area (Å²) < 4.78 is 10.6. The van der Waals surface area contributed by atoms with Gasteiger partial charge in [0.15, 0.2) is 0 Å². The highest BCUT2D eigenvalue weighted by Gasteiger charge is 2.21. The van der Waals surface area contributed by atoms with Crippen molar-refractivity contribution in [2.45, 2.75) is 13.8 Å². The number of aromatic hydroxyl groups is 1. The van der Waals surface area contributed by atoms with Crippen molar-refractivity contribution in [2.75, 3.05) is 6.61 Å². The lowest BCUT2D eigenvalue weighted by Gasteiger charge is -2.03. The molecule has 0 fully saturated rings. The molecule has 1 heterocycles. The zero-order chi connectivity index (χ0) is 15.7. The third-order valence-corrected chi connectivity index (χ3v) is 3.58. The van der Waals surface area contributed by atoms with E-state index in [4.69, 9.17) is 9.15 Å². The number of phenols is 1. The molecule has 4 nitrogen and oxygen atoms in total.